The zero-order valence-corrected chi connectivity index (χ0v) is 8.76. The van der Waals surface area contributed by atoms with Crippen LogP contribution in [0, 0.1) is 0 Å². The SMILES string of the molecule is O=C(O)Oc1cnn(-c2cccc(Cl)c2)c1. The summed E-state index contributed by atoms with van der Waals surface area (Å²) in [4.78, 5) is 10.3. The summed E-state index contributed by atoms with van der Waals surface area (Å²) in [6, 6.07) is 7.02. The van der Waals surface area contributed by atoms with Gasteiger partial charge >= 0.3 is 6.16 Å². The summed E-state index contributed by atoms with van der Waals surface area (Å²) < 4.78 is 5.92. The molecule has 0 bridgehead atoms. The molecule has 0 amide bonds. The zero-order chi connectivity index (χ0) is 11.5. The number of benzene rings is 1. The van der Waals surface area contributed by atoms with E-state index >= 15 is 0 Å². The van der Waals surface area contributed by atoms with Crippen LogP contribution in [0.4, 0.5) is 4.79 Å². The summed E-state index contributed by atoms with van der Waals surface area (Å²) in [6.45, 7) is 0. The molecule has 0 aliphatic heterocycles. The number of rotatable bonds is 2. The highest BCUT2D eigenvalue weighted by Gasteiger charge is 2.05. The van der Waals surface area contributed by atoms with Crippen molar-refractivity contribution < 1.29 is 14.6 Å². The van der Waals surface area contributed by atoms with E-state index in [0.29, 0.717) is 5.02 Å². The monoisotopic (exact) mass is 238 g/mol. The van der Waals surface area contributed by atoms with E-state index in [1.807, 2.05) is 0 Å². The van der Waals surface area contributed by atoms with E-state index in [2.05, 4.69) is 9.84 Å². The third-order valence-corrected chi connectivity index (χ3v) is 2.07. The Labute approximate surface area is 95.8 Å². The second-order valence-electron chi connectivity index (χ2n) is 2.97. The normalized spacial score (nSPS) is 10.1. The smallest absolute Gasteiger partial charge is 0.449 e. The molecule has 0 aliphatic rings. The molecule has 1 aromatic carbocycles. The minimum Gasteiger partial charge on any atom is -0.449 e. The Morgan fingerprint density at radius 1 is 1.50 bits per heavy atom. The standard InChI is InChI=1S/C10H7ClN2O3/c11-7-2-1-3-8(4-7)13-6-9(5-12-13)16-10(14)15/h1-6H,(H,14,15). The van der Waals surface area contributed by atoms with Crippen LogP contribution in [0.3, 0.4) is 0 Å². The molecule has 16 heavy (non-hydrogen) atoms. The number of hydrogen-bond acceptors (Lipinski definition) is 3. The summed E-state index contributed by atoms with van der Waals surface area (Å²) in [7, 11) is 0. The molecule has 6 heteroatoms. The van der Waals surface area contributed by atoms with Crippen molar-refractivity contribution in [1.82, 2.24) is 9.78 Å². The highest BCUT2D eigenvalue weighted by Crippen LogP contribution is 2.17. The van der Waals surface area contributed by atoms with Gasteiger partial charge in [-0.15, -0.1) is 0 Å². The molecule has 0 radical (unpaired) electrons. The van der Waals surface area contributed by atoms with E-state index in [4.69, 9.17) is 16.7 Å². The number of halogens is 1. The van der Waals surface area contributed by atoms with Gasteiger partial charge in [-0.25, -0.2) is 9.48 Å². The van der Waals surface area contributed by atoms with Gasteiger partial charge in [-0.1, -0.05) is 17.7 Å². The van der Waals surface area contributed by atoms with Gasteiger partial charge in [0.25, 0.3) is 0 Å². The molecule has 0 atom stereocenters. The van der Waals surface area contributed by atoms with Gasteiger partial charge in [-0.3, -0.25) is 0 Å². The molecule has 0 spiro atoms. The lowest BCUT2D eigenvalue weighted by molar-refractivity contribution is 0.144. The summed E-state index contributed by atoms with van der Waals surface area (Å²) in [5.41, 5.74) is 0.729. The maximum Gasteiger partial charge on any atom is 0.511 e. The van der Waals surface area contributed by atoms with Gasteiger partial charge in [0.05, 0.1) is 18.1 Å². The molecule has 82 valence electrons. The summed E-state index contributed by atoms with van der Waals surface area (Å²) in [6.07, 6.45) is 1.40. The molecule has 0 saturated carbocycles. The Bertz CT molecular complexity index is 524. The molecular formula is C10H7ClN2O3. The average molecular weight is 239 g/mol. The number of carbonyl (C=O) groups is 1. The quantitative estimate of drug-likeness (QED) is 0.817. The van der Waals surface area contributed by atoms with Gasteiger partial charge in [-0.2, -0.15) is 5.10 Å². The van der Waals surface area contributed by atoms with Crippen LogP contribution in [0.5, 0.6) is 5.75 Å². The lowest BCUT2D eigenvalue weighted by Crippen LogP contribution is -2.01. The fraction of sp³-hybridized carbons (Fsp3) is 0. The van der Waals surface area contributed by atoms with Crippen LogP contribution in [0.2, 0.25) is 5.02 Å². The third kappa shape index (κ3) is 2.32. The summed E-state index contributed by atoms with van der Waals surface area (Å²) >= 11 is 5.82. The number of aromatic nitrogens is 2. The number of nitrogens with zero attached hydrogens (tertiary/aromatic N) is 2. The molecule has 1 aromatic heterocycles. The van der Waals surface area contributed by atoms with Crippen molar-refractivity contribution in [3.63, 3.8) is 0 Å². The second kappa shape index (κ2) is 4.24. The number of carboxylic acid groups (broad SMARTS) is 1. The molecule has 0 saturated heterocycles. The Morgan fingerprint density at radius 2 is 2.31 bits per heavy atom. The lowest BCUT2D eigenvalue weighted by Gasteiger charge is -2.00. The number of ether oxygens (including phenoxy) is 1. The van der Waals surface area contributed by atoms with Crippen LogP contribution >= 0.6 is 11.6 Å². The largest absolute Gasteiger partial charge is 0.511 e. The first-order chi connectivity index (χ1) is 7.65. The van der Waals surface area contributed by atoms with Crippen molar-refractivity contribution >= 4 is 17.8 Å². The lowest BCUT2D eigenvalue weighted by atomic mass is 10.3. The van der Waals surface area contributed by atoms with Crippen LogP contribution in [-0.4, -0.2) is 21.0 Å². The Kier molecular flexibility index (Phi) is 2.78. The molecule has 0 aliphatic carbocycles. The number of hydrogen-bond donors (Lipinski definition) is 1. The Hall–Kier alpha value is -2.01. The van der Waals surface area contributed by atoms with Gasteiger partial charge < -0.3 is 9.84 Å². The topological polar surface area (TPSA) is 64.3 Å². The first-order valence-corrected chi connectivity index (χ1v) is 4.74. The first kappa shape index (κ1) is 10.5. The van der Waals surface area contributed by atoms with E-state index in [0.717, 1.165) is 5.69 Å². The van der Waals surface area contributed by atoms with E-state index < -0.39 is 6.16 Å². The zero-order valence-electron chi connectivity index (χ0n) is 8.00. The van der Waals surface area contributed by atoms with Gasteiger partial charge in [0, 0.05) is 5.02 Å². The maximum atomic E-state index is 10.3. The molecular weight excluding hydrogens is 232 g/mol. The van der Waals surface area contributed by atoms with Gasteiger partial charge in [0.15, 0.2) is 5.75 Å². The molecule has 5 nitrogen and oxygen atoms in total. The molecule has 2 rings (SSSR count). The molecule has 0 fully saturated rings. The van der Waals surface area contributed by atoms with Crippen molar-refractivity contribution in [2.75, 3.05) is 0 Å². The highest BCUT2D eigenvalue weighted by molar-refractivity contribution is 6.30. The van der Waals surface area contributed by atoms with E-state index in [9.17, 15) is 4.79 Å². The van der Waals surface area contributed by atoms with Crippen molar-refractivity contribution in [3.05, 3.63) is 41.7 Å². The first-order valence-electron chi connectivity index (χ1n) is 4.36. The Morgan fingerprint density at radius 3 is 3.00 bits per heavy atom. The van der Waals surface area contributed by atoms with E-state index in [1.54, 1.807) is 24.3 Å². The maximum absolute atomic E-state index is 10.3. The fourth-order valence-corrected chi connectivity index (χ4v) is 1.40. The predicted molar refractivity (Wildman–Crippen MR) is 57.2 cm³/mol. The van der Waals surface area contributed by atoms with Crippen LogP contribution in [0.25, 0.3) is 5.69 Å². The summed E-state index contributed by atoms with van der Waals surface area (Å²) in [5, 5.41) is 12.9. The summed E-state index contributed by atoms with van der Waals surface area (Å²) in [5.74, 6) is 0.160. The van der Waals surface area contributed by atoms with E-state index in [1.165, 1.54) is 17.1 Å². The van der Waals surface area contributed by atoms with E-state index in [-0.39, 0.29) is 5.75 Å². The van der Waals surface area contributed by atoms with Crippen molar-refractivity contribution in [1.29, 1.82) is 0 Å². The third-order valence-electron chi connectivity index (χ3n) is 1.84. The molecule has 1 N–H and O–H groups in total. The van der Waals surface area contributed by atoms with Crippen LogP contribution in [0.1, 0.15) is 0 Å². The van der Waals surface area contributed by atoms with Crippen molar-refractivity contribution in [2.45, 2.75) is 0 Å². The van der Waals surface area contributed by atoms with Crippen LogP contribution in [0.15, 0.2) is 36.7 Å². The highest BCUT2D eigenvalue weighted by atomic mass is 35.5. The minimum atomic E-state index is -1.37. The van der Waals surface area contributed by atoms with Crippen LogP contribution < -0.4 is 4.74 Å². The van der Waals surface area contributed by atoms with Crippen molar-refractivity contribution in [3.8, 4) is 11.4 Å². The van der Waals surface area contributed by atoms with Gasteiger partial charge in [0.2, 0.25) is 0 Å². The van der Waals surface area contributed by atoms with Crippen molar-refractivity contribution in [2.24, 2.45) is 0 Å². The minimum absolute atomic E-state index is 0.160. The van der Waals surface area contributed by atoms with Gasteiger partial charge in [-0.05, 0) is 18.2 Å². The second-order valence-corrected chi connectivity index (χ2v) is 3.40. The fourth-order valence-electron chi connectivity index (χ4n) is 1.22. The van der Waals surface area contributed by atoms with Gasteiger partial charge in [0.1, 0.15) is 0 Å². The molecule has 1 heterocycles. The Balaban J connectivity index is 2.28. The molecule has 2 aromatic rings. The van der Waals surface area contributed by atoms with Crippen LogP contribution in [-0.2, 0) is 0 Å². The average Bonchev–Trinajstić information content (AvgIpc) is 2.65. The molecule has 0 unspecified atom stereocenters. The predicted octanol–water partition coefficient (Wildman–Crippen LogP) is 2.58.